The highest BCUT2D eigenvalue weighted by Gasteiger charge is 2.03. The molecule has 0 atom stereocenters. The molecule has 0 aromatic heterocycles. The van der Waals surface area contributed by atoms with Crippen LogP contribution in [0.1, 0.15) is 11.1 Å². The molecule has 2 rings (SSSR count). The maximum Gasteiger partial charge on any atom is 0.257 e. The van der Waals surface area contributed by atoms with Gasteiger partial charge in [0.1, 0.15) is 0 Å². The molecule has 0 spiro atoms. The van der Waals surface area contributed by atoms with Gasteiger partial charge in [0.25, 0.3) is 5.91 Å². The number of benzene rings is 2. The molecule has 0 bridgehead atoms. The monoisotopic (exact) mass is 362 g/mol. The molecule has 7 heteroatoms. The van der Waals surface area contributed by atoms with Crippen LogP contribution in [0.5, 0.6) is 0 Å². The maximum absolute atomic E-state index is 11.8. The Balaban J connectivity index is 1.73. The van der Waals surface area contributed by atoms with Crippen molar-refractivity contribution in [3.8, 4) is 0 Å². The molecular formula is C17H19ClN4OS. The van der Waals surface area contributed by atoms with E-state index in [1.165, 1.54) is 5.56 Å². The van der Waals surface area contributed by atoms with Crippen LogP contribution < -0.4 is 21.5 Å². The smallest absolute Gasteiger partial charge is 0.257 e. The lowest BCUT2D eigenvalue weighted by Crippen LogP contribution is -2.45. The van der Waals surface area contributed by atoms with Crippen molar-refractivity contribution in [1.82, 2.24) is 10.9 Å². The summed E-state index contributed by atoms with van der Waals surface area (Å²) in [7, 11) is 0. The summed E-state index contributed by atoms with van der Waals surface area (Å²) in [5, 5.41) is 6.90. The van der Waals surface area contributed by atoms with E-state index in [1.807, 2.05) is 50.2 Å². The van der Waals surface area contributed by atoms with E-state index in [0.29, 0.717) is 5.02 Å². The first-order valence-electron chi connectivity index (χ1n) is 7.36. The van der Waals surface area contributed by atoms with Crippen molar-refractivity contribution >= 4 is 46.2 Å². The van der Waals surface area contributed by atoms with Gasteiger partial charge in [-0.25, -0.2) is 0 Å². The highest BCUT2D eigenvalue weighted by Crippen LogP contribution is 2.19. The number of hydrazine groups is 1. The Morgan fingerprint density at radius 2 is 1.71 bits per heavy atom. The number of amides is 1. The van der Waals surface area contributed by atoms with Crippen molar-refractivity contribution in [1.29, 1.82) is 0 Å². The number of carbonyl (C=O) groups is 1. The van der Waals surface area contributed by atoms with E-state index in [4.69, 9.17) is 23.8 Å². The highest BCUT2D eigenvalue weighted by atomic mass is 35.5. The molecule has 5 nitrogen and oxygen atoms in total. The Labute approximate surface area is 151 Å². The molecule has 0 saturated heterocycles. The number of hydrogen-bond acceptors (Lipinski definition) is 3. The summed E-state index contributed by atoms with van der Waals surface area (Å²) >= 11 is 11.2. The van der Waals surface area contributed by atoms with Gasteiger partial charge in [-0.05, 0) is 55.9 Å². The quantitative estimate of drug-likeness (QED) is 0.496. The minimum atomic E-state index is -0.235. The summed E-state index contributed by atoms with van der Waals surface area (Å²) in [6, 6.07) is 13.3. The summed E-state index contributed by atoms with van der Waals surface area (Å²) < 4.78 is 0. The third kappa shape index (κ3) is 5.72. The van der Waals surface area contributed by atoms with Crippen LogP contribution >= 0.6 is 23.8 Å². The lowest BCUT2D eigenvalue weighted by Gasteiger charge is -2.13. The Bertz CT molecular complexity index is 734. The molecule has 0 saturated carbocycles. The lowest BCUT2D eigenvalue weighted by atomic mass is 10.2. The molecule has 4 N–H and O–H groups in total. The van der Waals surface area contributed by atoms with Crippen molar-refractivity contribution in [3.05, 3.63) is 58.6 Å². The summed E-state index contributed by atoms with van der Waals surface area (Å²) in [5.74, 6) is -0.235. The van der Waals surface area contributed by atoms with Crippen LogP contribution in [0.15, 0.2) is 42.5 Å². The number of halogens is 1. The first-order valence-corrected chi connectivity index (χ1v) is 8.15. The molecule has 0 aliphatic heterocycles. The fourth-order valence-electron chi connectivity index (χ4n) is 1.86. The standard InChI is InChI=1S/C17H19ClN4OS/c1-11-3-6-13(7-4-11)19-10-16(23)21-22-17(24)20-14-8-5-12(2)15(18)9-14/h3-9,19H,10H2,1-2H3,(H,21,23)(H2,20,22,24). The van der Waals surface area contributed by atoms with Crippen LogP contribution in [0.4, 0.5) is 11.4 Å². The van der Waals surface area contributed by atoms with Gasteiger partial charge >= 0.3 is 0 Å². The molecule has 2 aromatic rings. The second kappa shape index (κ2) is 8.52. The Morgan fingerprint density at radius 3 is 2.38 bits per heavy atom. The first-order chi connectivity index (χ1) is 11.4. The highest BCUT2D eigenvalue weighted by molar-refractivity contribution is 7.80. The van der Waals surface area contributed by atoms with E-state index in [-0.39, 0.29) is 17.6 Å². The van der Waals surface area contributed by atoms with Gasteiger partial charge in [-0.2, -0.15) is 0 Å². The molecule has 0 unspecified atom stereocenters. The van der Waals surface area contributed by atoms with Crippen LogP contribution in [0, 0.1) is 13.8 Å². The number of anilines is 2. The van der Waals surface area contributed by atoms with Gasteiger partial charge in [0, 0.05) is 16.4 Å². The first kappa shape index (κ1) is 18.0. The van der Waals surface area contributed by atoms with Crippen molar-refractivity contribution in [2.45, 2.75) is 13.8 Å². The molecule has 126 valence electrons. The molecule has 0 aliphatic carbocycles. The SMILES string of the molecule is Cc1ccc(NCC(=O)NNC(=S)Nc2ccc(C)c(Cl)c2)cc1. The van der Waals surface area contributed by atoms with Crippen LogP contribution in [-0.2, 0) is 4.79 Å². The topological polar surface area (TPSA) is 65.2 Å². The molecular weight excluding hydrogens is 344 g/mol. The molecule has 0 radical (unpaired) electrons. The van der Waals surface area contributed by atoms with Gasteiger partial charge < -0.3 is 10.6 Å². The van der Waals surface area contributed by atoms with Crippen LogP contribution in [0.3, 0.4) is 0 Å². The average Bonchev–Trinajstić information content (AvgIpc) is 2.56. The van der Waals surface area contributed by atoms with E-state index in [0.717, 1.165) is 16.9 Å². The maximum atomic E-state index is 11.8. The summed E-state index contributed by atoms with van der Waals surface area (Å²) in [5.41, 5.74) is 8.95. The minimum absolute atomic E-state index is 0.134. The minimum Gasteiger partial charge on any atom is -0.376 e. The fraction of sp³-hybridized carbons (Fsp3) is 0.176. The third-order valence-corrected chi connectivity index (χ3v) is 3.86. The summed E-state index contributed by atoms with van der Waals surface area (Å²) in [6.07, 6.45) is 0. The lowest BCUT2D eigenvalue weighted by molar-refractivity contribution is -0.119. The summed E-state index contributed by atoms with van der Waals surface area (Å²) in [4.78, 5) is 11.8. The number of hydrogen-bond donors (Lipinski definition) is 4. The molecule has 0 fully saturated rings. The van der Waals surface area contributed by atoms with Crippen molar-refractivity contribution in [3.63, 3.8) is 0 Å². The van der Waals surface area contributed by atoms with E-state index < -0.39 is 0 Å². The molecule has 0 heterocycles. The van der Waals surface area contributed by atoms with E-state index in [9.17, 15) is 4.79 Å². The number of thiocarbonyl (C=S) groups is 1. The van der Waals surface area contributed by atoms with E-state index in [2.05, 4.69) is 21.5 Å². The Morgan fingerprint density at radius 1 is 1.04 bits per heavy atom. The Kier molecular flexibility index (Phi) is 6.40. The fourth-order valence-corrected chi connectivity index (χ4v) is 2.21. The second-order valence-electron chi connectivity index (χ2n) is 5.31. The van der Waals surface area contributed by atoms with Crippen molar-refractivity contribution in [2.24, 2.45) is 0 Å². The third-order valence-electron chi connectivity index (χ3n) is 3.25. The zero-order valence-electron chi connectivity index (χ0n) is 13.4. The van der Waals surface area contributed by atoms with E-state index in [1.54, 1.807) is 6.07 Å². The van der Waals surface area contributed by atoms with Gasteiger partial charge in [0.05, 0.1) is 6.54 Å². The van der Waals surface area contributed by atoms with E-state index >= 15 is 0 Å². The van der Waals surface area contributed by atoms with Crippen LogP contribution in [0.25, 0.3) is 0 Å². The molecule has 0 aliphatic rings. The number of carbonyl (C=O) groups excluding carboxylic acids is 1. The predicted molar refractivity (Wildman–Crippen MR) is 103 cm³/mol. The predicted octanol–water partition coefficient (Wildman–Crippen LogP) is 3.39. The second-order valence-corrected chi connectivity index (χ2v) is 6.13. The van der Waals surface area contributed by atoms with Gasteiger partial charge in [0.2, 0.25) is 0 Å². The van der Waals surface area contributed by atoms with Gasteiger partial charge in [0.15, 0.2) is 5.11 Å². The average molecular weight is 363 g/mol. The Hall–Kier alpha value is -2.31. The summed E-state index contributed by atoms with van der Waals surface area (Å²) in [6.45, 7) is 4.06. The zero-order chi connectivity index (χ0) is 17.5. The normalized spacial score (nSPS) is 9.96. The number of nitrogens with one attached hydrogen (secondary N) is 4. The van der Waals surface area contributed by atoms with Gasteiger partial charge in [-0.15, -0.1) is 0 Å². The number of rotatable bonds is 4. The largest absolute Gasteiger partial charge is 0.376 e. The van der Waals surface area contributed by atoms with Crippen LogP contribution in [-0.4, -0.2) is 17.6 Å². The van der Waals surface area contributed by atoms with Gasteiger partial charge in [-0.3, -0.25) is 15.6 Å². The molecule has 1 amide bonds. The zero-order valence-corrected chi connectivity index (χ0v) is 15.0. The molecule has 24 heavy (non-hydrogen) atoms. The number of aryl methyl sites for hydroxylation is 2. The molecule has 2 aromatic carbocycles. The van der Waals surface area contributed by atoms with Gasteiger partial charge in [-0.1, -0.05) is 35.4 Å². The van der Waals surface area contributed by atoms with Crippen molar-refractivity contribution < 1.29 is 4.79 Å². The van der Waals surface area contributed by atoms with Crippen molar-refractivity contribution in [2.75, 3.05) is 17.2 Å². The van der Waals surface area contributed by atoms with Crippen LogP contribution in [0.2, 0.25) is 5.02 Å².